The maximum atomic E-state index is 14.9. The van der Waals surface area contributed by atoms with Crippen molar-refractivity contribution < 1.29 is 22.3 Å². The third-order valence-corrected chi connectivity index (χ3v) is 9.71. The molecule has 5 heteroatoms. The van der Waals surface area contributed by atoms with Crippen LogP contribution >= 0.6 is 0 Å². The molecule has 0 saturated heterocycles. The smallest absolute Gasteiger partial charge is 0.201 e. The molecule has 1 nitrogen and oxygen atoms in total. The molecule has 0 spiro atoms. The molecular weight excluding hydrogens is 512 g/mol. The van der Waals surface area contributed by atoms with Gasteiger partial charge in [0.15, 0.2) is 23.2 Å². The molecule has 0 unspecified atom stereocenters. The second-order valence-corrected chi connectivity index (χ2v) is 12.4. The lowest BCUT2D eigenvalue weighted by Crippen LogP contribution is -2.26. The minimum absolute atomic E-state index is 0.180. The summed E-state index contributed by atoms with van der Waals surface area (Å²) in [6, 6.07) is 5.40. The molecule has 0 aromatic heterocycles. The summed E-state index contributed by atoms with van der Waals surface area (Å²) in [5.74, 6) is -1.21. The highest BCUT2D eigenvalue weighted by atomic mass is 19.2. The van der Waals surface area contributed by atoms with Crippen LogP contribution in [0.3, 0.4) is 0 Å². The van der Waals surface area contributed by atoms with Crippen molar-refractivity contribution in [1.82, 2.24) is 0 Å². The number of hydrogen-bond donors (Lipinski definition) is 0. The van der Waals surface area contributed by atoms with Crippen LogP contribution in [0.1, 0.15) is 116 Å². The monoisotopic (exact) mass is 560 g/mol. The second-order valence-electron chi connectivity index (χ2n) is 12.4. The predicted octanol–water partition coefficient (Wildman–Crippen LogP) is 11.2. The molecule has 2 aromatic rings. The van der Waals surface area contributed by atoms with E-state index in [1.54, 1.807) is 0 Å². The van der Waals surface area contributed by atoms with Gasteiger partial charge in [0, 0.05) is 11.1 Å². The largest absolute Gasteiger partial charge is 0.490 e. The zero-order valence-electron chi connectivity index (χ0n) is 24.6. The van der Waals surface area contributed by atoms with Gasteiger partial charge in [-0.25, -0.2) is 13.2 Å². The number of rotatable bonds is 13. The van der Waals surface area contributed by atoms with Crippen LogP contribution in [0, 0.1) is 46.9 Å². The van der Waals surface area contributed by atoms with Gasteiger partial charge in [-0.15, -0.1) is 0 Å². The number of aryl methyl sites for hydroxylation is 1. The van der Waals surface area contributed by atoms with Gasteiger partial charge in [-0.1, -0.05) is 77.3 Å². The van der Waals surface area contributed by atoms with E-state index in [2.05, 4.69) is 6.92 Å². The van der Waals surface area contributed by atoms with Crippen molar-refractivity contribution >= 4 is 0 Å². The molecule has 0 heterocycles. The average Bonchev–Trinajstić information content (AvgIpc) is 2.97. The number of hydrogen-bond acceptors (Lipinski definition) is 1. The number of unbranched alkanes of at least 4 members (excludes halogenated alkanes) is 2. The van der Waals surface area contributed by atoms with Crippen LogP contribution in [0.4, 0.5) is 17.6 Å². The number of benzene rings is 2. The van der Waals surface area contributed by atoms with E-state index < -0.39 is 23.3 Å². The Morgan fingerprint density at radius 3 is 1.77 bits per heavy atom. The van der Waals surface area contributed by atoms with Gasteiger partial charge in [0.25, 0.3) is 0 Å². The fraction of sp³-hybridized carbons (Fsp3) is 0.657. The molecule has 0 atom stereocenters. The minimum Gasteiger partial charge on any atom is -0.490 e. The second kappa shape index (κ2) is 15.3. The van der Waals surface area contributed by atoms with Crippen molar-refractivity contribution in [3.63, 3.8) is 0 Å². The Morgan fingerprint density at radius 2 is 1.18 bits per heavy atom. The van der Waals surface area contributed by atoms with E-state index in [1.807, 2.05) is 6.92 Å². The van der Waals surface area contributed by atoms with Crippen molar-refractivity contribution in [1.29, 1.82) is 0 Å². The van der Waals surface area contributed by atoms with Crippen molar-refractivity contribution in [3.05, 3.63) is 53.1 Å². The van der Waals surface area contributed by atoms with Crippen molar-refractivity contribution in [3.8, 4) is 16.9 Å². The zero-order valence-corrected chi connectivity index (χ0v) is 24.6. The van der Waals surface area contributed by atoms with Crippen LogP contribution in [0.5, 0.6) is 5.75 Å². The molecule has 2 saturated carbocycles. The topological polar surface area (TPSA) is 9.23 Å². The van der Waals surface area contributed by atoms with E-state index in [4.69, 9.17) is 4.74 Å². The molecule has 2 fully saturated rings. The molecule has 2 aliphatic carbocycles. The lowest BCUT2D eigenvalue weighted by atomic mass is 9.68. The third kappa shape index (κ3) is 7.82. The fourth-order valence-corrected chi connectivity index (χ4v) is 7.27. The number of halogens is 4. The predicted molar refractivity (Wildman–Crippen MR) is 155 cm³/mol. The van der Waals surface area contributed by atoms with Crippen LogP contribution in [-0.4, -0.2) is 6.61 Å². The van der Waals surface area contributed by atoms with Crippen molar-refractivity contribution in [2.24, 2.45) is 23.7 Å². The molecular formula is C35H48F4O. The first-order valence-corrected chi connectivity index (χ1v) is 16.0. The summed E-state index contributed by atoms with van der Waals surface area (Å²) in [6.07, 6.45) is 18.5. The average molecular weight is 561 g/mol. The van der Waals surface area contributed by atoms with E-state index >= 15 is 0 Å². The van der Waals surface area contributed by atoms with Crippen LogP contribution < -0.4 is 4.74 Å². The SMILES string of the molecule is CCCCCc1ccc(-c2ccc(OCCC[C@H]3CC[C@H]([C@H]4CC[C@H](CCC)CC4)CC3)c(F)c2F)c(F)c1F. The van der Waals surface area contributed by atoms with E-state index in [0.29, 0.717) is 18.9 Å². The standard InChI is InChI=1S/C35H48F4O/c1-3-5-6-10-28-19-20-29(33(37)32(28)36)30-21-22-31(35(39)34(30)38)40-23-7-9-25-13-17-27(18-14-25)26-15-11-24(8-4-2)12-16-26/h19-22,24-27H,3-18,23H2,1-2H3/t24-,25-,26-,27-. The van der Waals surface area contributed by atoms with Crippen LogP contribution in [0.15, 0.2) is 24.3 Å². The van der Waals surface area contributed by atoms with Gasteiger partial charge in [0.05, 0.1) is 6.61 Å². The first kappa shape index (κ1) is 30.9. The normalized spacial score (nSPS) is 23.4. The molecule has 4 rings (SSSR count). The van der Waals surface area contributed by atoms with Crippen LogP contribution in [-0.2, 0) is 6.42 Å². The minimum atomic E-state index is -1.21. The first-order chi connectivity index (χ1) is 19.4. The first-order valence-electron chi connectivity index (χ1n) is 16.0. The van der Waals surface area contributed by atoms with Gasteiger partial charge in [-0.2, -0.15) is 4.39 Å². The molecule has 222 valence electrons. The number of ether oxygens (including phenoxy) is 1. The summed E-state index contributed by atoms with van der Waals surface area (Å²) in [4.78, 5) is 0. The molecule has 2 aromatic carbocycles. The maximum Gasteiger partial charge on any atom is 0.201 e. The van der Waals surface area contributed by atoms with E-state index in [1.165, 1.54) is 88.5 Å². The van der Waals surface area contributed by atoms with E-state index in [-0.39, 0.29) is 22.4 Å². The van der Waals surface area contributed by atoms with Gasteiger partial charge in [0.1, 0.15) is 0 Å². The molecule has 0 N–H and O–H groups in total. The lowest BCUT2D eigenvalue weighted by Gasteiger charge is -2.38. The van der Waals surface area contributed by atoms with E-state index in [9.17, 15) is 17.6 Å². The zero-order chi connectivity index (χ0) is 28.5. The summed E-state index contributed by atoms with van der Waals surface area (Å²) in [6.45, 7) is 4.64. The highest BCUT2D eigenvalue weighted by Gasteiger charge is 2.30. The molecule has 0 radical (unpaired) electrons. The summed E-state index contributed by atoms with van der Waals surface area (Å²) >= 11 is 0. The maximum absolute atomic E-state index is 14.9. The summed E-state index contributed by atoms with van der Waals surface area (Å²) in [5.41, 5.74) is -0.306. The third-order valence-electron chi connectivity index (χ3n) is 9.71. The van der Waals surface area contributed by atoms with Gasteiger partial charge in [-0.05, 0) is 92.7 Å². The van der Waals surface area contributed by atoms with Crippen LogP contribution in [0.25, 0.3) is 11.1 Å². The Labute approximate surface area is 239 Å². The Balaban J connectivity index is 1.23. The van der Waals surface area contributed by atoms with E-state index in [0.717, 1.165) is 49.9 Å². The molecule has 0 aliphatic heterocycles. The molecule has 0 amide bonds. The fourth-order valence-electron chi connectivity index (χ4n) is 7.27. The molecule has 2 aliphatic rings. The highest BCUT2D eigenvalue weighted by Crippen LogP contribution is 2.43. The molecule has 0 bridgehead atoms. The lowest BCUT2D eigenvalue weighted by molar-refractivity contribution is 0.138. The van der Waals surface area contributed by atoms with Crippen molar-refractivity contribution in [2.75, 3.05) is 6.61 Å². The summed E-state index contributed by atoms with van der Waals surface area (Å²) in [7, 11) is 0. The Hall–Kier alpha value is -2.04. The Kier molecular flexibility index (Phi) is 11.8. The quantitative estimate of drug-likeness (QED) is 0.175. The summed E-state index contributed by atoms with van der Waals surface area (Å²) < 4.78 is 64.7. The van der Waals surface area contributed by atoms with Gasteiger partial charge in [0.2, 0.25) is 5.82 Å². The molecule has 40 heavy (non-hydrogen) atoms. The summed E-state index contributed by atoms with van der Waals surface area (Å²) in [5, 5.41) is 0. The van der Waals surface area contributed by atoms with Gasteiger partial charge >= 0.3 is 0 Å². The van der Waals surface area contributed by atoms with Gasteiger partial charge < -0.3 is 4.74 Å². The Bertz CT molecular complexity index is 1070. The highest BCUT2D eigenvalue weighted by molar-refractivity contribution is 5.66. The van der Waals surface area contributed by atoms with Crippen LogP contribution in [0.2, 0.25) is 0 Å². The van der Waals surface area contributed by atoms with Crippen molar-refractivity contribution in [2.45, 2.75) is 117 Å². The Morgan fingerprint density at radius 1 is 0.600 bits per heavy atom. The van der Waals surface area contributed by atoms with Gasteiger partial charge in [-0.3, -0.25) is 0 Å².